The number of amides is 1. The molecule has 0 aliphatic carbocycles. The molecule has 1 aromatic heterocycles. The molecule has 0 aromatic carbocycles. The number of nitrogens with one attached hydrogen (secondary N) is 1. The molecule has 1 aromatic rings. The van der Waals surface area contributed by atoms with E-state index in [1.54, 1.807) is 11.8 Å². The third-order valence-electron chi connectivity index (χ3n) is 3.68. The van der Waals surface area contributed by atoms with E-state index in [-0.39, 0.29) is 30.9 Å². The summed E-state index contributed by atoms with van der Waals surface area (Å²) in [5.74, 6) is -0.845. The molecule has 0 radical (unpaired) electrons. The maximum Gasteiger partial charge on any atom is 0.341 e. The molecule has 7 nitrogen and oxygen atoms in total. The Hall–Kier alpha value is -1.93. The zero-order chi connectivity index (χ0) is 19.9. The largest absolute Gasteiger partial charge is 0.465 e. The number of ether oxygens (including phenoxy) is 2. The normalized spacial score (nSPS) is 10.9. The lowest BCUT2D eigenvalue weighted by atomic mass is 10.1. The first-order valence-electron chi connectivity index (χ1n) is 8.55. The summed E-state index contributed by atoms with van der Waals surface area (Å²) in [5, 5.41) is 3.25. The molecule has 0 atom stereocenters. The second-order valence-corrected chi connectivity index (χ2v) is 7.62. The number of carbonyl (C=O) groups excluding carboxylic acids is 3. The van der Waals surface area contributed by atoms with Crippen LogP contribution in [0.15, 0.2) is 0 Å². The quantitative estimate of drug-likeness (QED) is 0.659. The van der Waals surface area contributed by atoms with Gasteiger partial charge in [-0.05, 0) is 32.3 Å². The van der Waals surface area contributed by atoms with Gasteiger partial charge in [0.1, 0.15) is 5.00 Å². The van der Waals surface area contributed by atoms with Crippen molar-refractivity contribution in [1.82, 2.24) is 4.90 Å². The third kappa shape index (κ3) is 6.42. The summed E-state index contributed by atoms with van der Waals surface area (Å²) in [6.45, 7) is 10.4. The SMILES string of the molecule is CCOC(=O)CN(CC(=O)Nc1sc(C)c(C)c1C(=O)OC)CC(C)C. The number of aryl methyl sites for hydroxylation is 1. The van der Waals surface area contributed by atoms with Crippen LogP contribution in [0.3, 0.4) is 0 Å². The van der Waals surface area contributed by atoms with Crippen LogP contribution in [0, 0.1) is 19.8 Å². The van der Waals surface area contributed by atoms with Gasteiger partial charge in [0.2, 0.25) is 5.91 Å². The van der Waals surface area contributed by atoms with Crippen molar-refractivity contribution in [3.05, 3.63) is 16.0 Å². The standard InChI is InChI=1S/C18H28N2O5S/c1-7-25-15(22)10-20(8-11(2)3)9-14(21)19-17-16(18(23)24-6)12(4)13(5)26-17/h11H,7-10H2,1-6H3,(H,19,21). The fraction of sp³-hybridized carbons (Fsp3) is 0.611. The summed E-state index contributed by atoms with van der Waals surface area (Å²) < 4.78 is 9.78. The molecular formula is C18H28N2O5S. The molecule has 0 bridgehead atoms. The first-order valence-corrected chi connectivity index (χ1v) is 9.37. The van der Waals surface area contributed by atoms with Gasteiger partial charge in [0.05, 0.1) is 32.4 Å². The van der Waals surface area contributed by atoms with Crippen LogP contribution in [0.1, 0.15) is 41.6 Å². The Labute approximate surface area is 158 Å². The molecule has 1 heterocycles. The lowest BCUT2D eigenvalue weighted by Crippen LogP contribution is -2.39. The van der Waals surface area contributed by atoms with Crippen LogP contribution in [0.25, 0.3) is 0 Å². The Morgan fingerprint density at radius 2 is 1.85 bits per heavy atom. The number of hydrogen-bond acceptors (Lipinski definition) is 7. The monoisotopic (exact) mass is 384 g/mol. The van der Waals surface area contributed by atoms with Crippen LogP contribution in [0.2, 0.25) is 0 Å². The average Bonchev–Trinajstić information content (AvgIpc) is 2.80. The molecule has 146 valence electrons. The first-order chi connectivity index (χ1) is 12.2. The van der Waals surface area contributed by atoms with E-state index in [1.165, 1.54) is 18.4 Å². The van der Waals surface area contributed by atoms with Crippen molar-refractivity contribution in [3.8, 4) is 0 Å². The van der Waals surface area contributed by atoms with E-state index in [9.17, 15) is 14.4 Å². The van der Waals surface area contributed by atoms with E-state index < -0.39 is 5.97 Å². The molecule has 0 spiro atoms. The summed E-state index contributed by atoms with van der Waals surface area (Å²) >= 11 is 1.33. The minimum Gasteiger partial charge on any atom is -0.465 e. The van der Waals surface area contributed by atoms with Crippen molar-refractivity contribution in [2.45, 2.75) is 34.6 Å². The molecule has 26 heavy (non-hydrogen) atoms. The topological polar surface area (TPSA) is 84.9 Å². The van der Waals surface area contributed by atoms with Crippen molar-refractivity contribution in [3.63, 3.8) is 0 Å². The summed E-state index contributed by atoms with van der Waals surface area (Å²) in [6, 6.07) is 0. The van der Waals surface area contributed by atoms with Gasteiger partial charge in [-0.15, -0.1) is 11.3 Å². The Balaban J connectivity index is 2.86. The van der Waals surface area contributed by atoms with Crippen molar-refractivity contribution in [2.24, 2.45) is 5.92 Å². The second kappa shape index (κ2) is 10.3. The van der Waals surface area contributed by atoms with Gasteiger partial charge in [0.25, 0.3) is 0 Å². The summed E-state index contributed by atoms with van der Waals surface area (Å²) in [6.07, 6.45) is 0. The van der Waals surface area contributed by atoms with E-state index in [4.69, 9.17) is 9.47 Å². The molecule has 0 fully saturated rings. The maximum absolute atomic E-state index is 12.5. The Bertz CT molecular complexity index is 654. The highest BCUT2D eigenvalue weighted by atomic mass is 32.1. The highest BCUT2D eigenvalue weighted by Crippen LogP contribution is 2.32. The third-order valence-corrected chi connectivity index (χ3v) is 4.80. The maximum atomic E-state index is 12.5. The molecule has 0 saturated carbocycles. The van der Waals surface area contributed by atoms with Crippen LogP contribution in [-0.4, -0.2) is 56.1 Å². The number of anilines is 1. The van der Waals surface area contributed by atoms with Gasteiger partial charge in [0.15, 0.2) is 0 Å². The smallest absolute Gasteiger partial charge is 0.341 e. The second-order valence-electron chi connectivity index (χ2n) is 6.40. The fourth-order valence-electron chi connectivity index (χ4n) is 2.52. The highest BCUT2D eigenvalue weighted by molar-refractivity contribution is 7.16. The number of nitrogens with zero attached hydrogens (tertiary/aromatic N) is 1. The molecule has 8 heteroatoms. The number of rotatable bonds is 9. The fourth-order valence-corrected chi connectivity index (χ4v) is 3.59. The first kappa shape index (κ1) is 22.1. The van der Waals surface area contributed by atoms with E-state index in [1.807, 2.05) is 27.7 Å². The van der Waals surface area contributed by atoms with E-state index in [0.29, 0.717) is 23.7 Å². The van der Waals surface area contributed by atoms with Crippen LogP contribution >= 0.6 is 11.3 Å². The van der Waals surface area contributed by atoms with E-state index in [0.717, 1.165) is 10.4 Å². The molecular weight excluding hydrogens is 356 g/mol. The molecule has 1 rings (SSSR count). The van der Waals surface area contributed by atoms with E-state index in [2.05, 4.69) is 5.32 Å². The van der Waals surface area contributed by atoms with Gasteiger partial charge in [-0.1, -0.05) is 13.8 Å². The summed E-state index contributed by atoms with van der Waals surface area (Å²) in [4.78, 5) is 38.9. The number of carbonyl (C=O) groups is 3. The van der Waals surface area contributed by atoms with Gasteiger partial charge in [-0.3, -0.25) is 14.5 Å². The number of methoxy groups -OCH3 is 1. The van der Waals surface area contributed by atoms with Crippen LogP contribution in [-0.2, 0) is 19.1 Å². The zero-order valence-electron chi connectivity index (χ0n) is 16.3. The van der Waals surface area contributed by atoms with Crippen molar-refractivity contribution in [2.75, 3.05) is 38.7 Å². The van der Waals surface area contributed by atoms with Gasteiger partial charge >= 0.3 is 11.9 Å². The zero-order valence-corrected chi connectivity index (χ0v) is 17.1. The predicted octanol–water partition coefficient (Wildman–Crippen LogP) is 2.61. The number of thiophene rings is 1. The summed E-state index contributed by atoms with van der Waals surface area (Å²) in [7, 11) is 1.31. The van der Waals surface area contributed by atoms with Crippen molar-refractivity contribution >= 4 is 34.2 Å². The molecule has 0 unspecified atom stereocenters. The minimum atomic E-state index is -0.479. The van der Waals surface area contributed by atoms with Crippen LogP contribution in [0.5, 0.6) is 0 Å². The lowest BCUT2D eigenvalue weighted by Gasteiger charge is -2.22. The van der Waals surface area contributed by atoms with Crippen molar-refractivity contribution < 1.29 is 23.9 Å². The lowest BCUT2D eigenvalue weighted by molar-refractivity contribution is -0.144. The average molecular weight is 384 g/mol. The Morgan fingerprint density at radius 1 is 1.19 bits per heavy atom. The molecule has 0 saturated heterocycles. The Morgan fingerprint density at radius 3 is 2.38 bits per heavy atom. The van der Waals surface area contributed by atoms with Gasteiger partial charge < -0.3 is 14.8 Å². The van der Waals surface area contributed by atoms with Crippen LogP contribution in [0.4, 0.5) is 5.00 Å². The van der Waals surface area contributed by atoms with Gasteiger partial charge in [-0.25, -0.2) is 4.79 Å². The Kier molecular flexibility index (Phi) is 8.74. The van der Waals surface area contributed by atoms with E-state index >= 15 is 0 Å². The molecule has 0 aliphatic rings. The summed E-state index contributed by atoms with van der Waals surface area (Å²) in [5.41, 5.74) is 1.17. The molecule has 0 aliphatic heterocycles. The van der Waals surface area contributed by atoms with Gasteiger partial charge in [-0.2, -0.15) is 0 Å². The molecule has 1 amide bonds. The minimum absolute atomic E-state index is 0.0353. The number of hydrogen-bond donors (Lipinski definition) is 1. The predicted molar refractivity (Wildman–Crippen MR) is 102 cm³/mol. The highest BCUT2D eigenvalue weighted by Gasteiger charge is 2.23. The van der Waals surface area contributed by atoms with Crippen LogP contribution < -0.4 is 5.32 Å². The molecule has 1 N–H and O–H groups in total. The van der Waals surface area contributed by atoms with Crippen molar-refractivity contribution in [1.29, 1.82) is 0 Å². The van der Waals surface area contributed by atoms with Gasteiger partial charge in [0, 0.05) is 11.4 Å². The number of esters is 2.